The van der Waals surface area contributed by atoms with Crippen LogP contribution in [0.2, 0.25) is 5.02 Å². The number of anilines is 2. The van der Waals surface area contributed by atoms with E-state index in [2.05, 4.69) is 15.5 Å². The molecule has 1 atom stereocenters. The van der Waals surface area contributed by atoms with Gasteiger partial charge in [0.2, 0.25) is 0 Å². The van der Waals surface area contributed by atoms with Gasteiger partial charge in [-0.2, -0.15) is 0 Å². The van der Waals surface area contributed by atoms with Crippen LogP contribution < -0.4 is 15.4 Å². The largest absolute Gasteiger partial charge is 0.480 e. The van der Waals surface area contributed by atoms with E-state index in [0.29, 0.717) is 22.1 Å². The molecule has 0 radical (unpaired) electrons. The monoisotopic (exact) mass is 338 g/mol. The van der Waals surface area contributed by atoms with E-state index >= 15 is 0 Å². The van der Waals surface area contributed by atoms with Gasteiger partial charge < -0.3 is 25.2 Å². The molecule has 1 aromatic rings. The van der Waals surface area contributed by atoms with Crippen molar-refractivity contribution < 1.29 is 14.3 Å². The van der Waals surface area contributed by atoms with Crippen LogP contribution >= 0.6 is 11.6 Å². The van der Waals surface area contributed by atoms with Crippen molar-refractivity contribution in [3.8, 4) is 5.75 Å². The predicted molar refractivity (Wildman–Crippen MR) is 88.3 cm³/mol. The molecule has 1 aromatic carbocycles. The summed E-state index contributed by atoms with van der Waals surface area (Å²) in [4.78, 5) is 27.7. The Morgan fingerprint density at radius 2 is 2.30 bits per heavy atom. The van der Waals surface area contributed by atoms with Crippen molar-refractivity contribution in [3.05, 3.63) is 17.2 Å². The van der Waals surface area contributed by atoms with Crippen LogP contribution in [0.5, 0.6) is 5.75 Å². The molecule has 0 bridgehead atoms. The zero-order valence-electron chi connectivity index (χ0n) is 13.1. The summed E-state index contributed by atoms with van der Waals surface area (Å²) in [6, 6.07) is 3.25. The summed E-state index contributed by atoms with van der Waals surface area (Å²) in [6.45, 7) is 1.78. The summed E-state index contributed by atoms with van der Waals surface area (Å²) in [5, 5.41) is 5.85. The zero-order chi connectivity index (χ0) is 16.6. The molecule has 7 nitrogen and oxygen atoms in total. The number of hydrogen-bond acceptors (Lipinski definition) is 4. The van der Waals surface area contributed by atoms with Gasteiger partial charge in [-0.25, -0.2) is 4.79 Å². The third-order valence-electron chi connectivity index (χ3n) is 4.15. The molecule has 2 heterocycles. The molecule has 2 N–H and O–H groups in total. The zero-order valence-corrected chi connectivity index (χ0v) is 13.8. The molecule has 3 amide bonds. The van der Waals surface area contributed by atoms with Crippen LogP contribution in [0.4, 0.5) is 16.2 Å². The maximum atomic E-state index is 12.4. The molecule has 1 unspecified atom stereocenters. The van der Waals surface area contributed by atoms with Crippen LogP contribution in [-0.2, 0) is 4.79 Å². The summed E-state index contributed by atoms with van der Waals surface area (Å²) in [6.07, 6.45) is 0.954. The Balaban J connectivity index is 1.72. The van der Waals surface area contributed by atoms with Crippen molar-refractivity contribution in [3.63, 3.8) is 0 Å². The van der Waals surface area contributed by atoms with Crippen molar-refractivity contribution in [1.29, 1.82) is 0 Å². The Morgan fingerprint density at radius 1 is 1.52 bits per heavy atom. The molecule has 2 aliphatic rings. The summed E-state index contributed by atoms with van der Waals surface area (Å²) < 4.78 is 5.29. The molecule has 0 aliphatic carbocycles. The van der Waals surface area contributed by atoms with Crippen LogP contribution in [0.15, 0.2) is 12.1 Å². The van der Waals surface area contributed by atoms with E-state index in [0.717, 1.165) is 19.5 Å². The normalized spacial score (nSPS) is 20.5. The predicted octanol–water partition coefficient (Wildman–Crippen LogP) is 1.84. The highest BCUT2D eigenvalue weighted by atomic mass is 35.5. The number of likely N-dealkylation sites (N-methyl/N-ethyl adjacent to an activating group) is 2. The molecule has 0 spiro atoms. The van der Waals surface area contributed by atoms with E-state index in [4.69, 9.17) is 16.3 Å². The van der Waals surface area contributed by atoms with Gasteiger partial charge in [-0.1, -0.05) is 11.6 Å². The number of urea groups is 1. The minimum atomic E-state index is -0.247. The first-order chi connectivity index (χ1) is 10.9. The second kappa shape index (κ2) is 6.25. The molecule has 23 heavy (non-hydrogen) atoms. The quantitative estimate of drug-likeness (QED) is 0.863. The number of nitrogens with one attached hydrogen (secondary N) is 2. The molecule has 3 rings (SSSR count). The molecule has 0 saturated carbocycles. The van der Waals surface area contributed by atoms with Crippen LogP contribution in [-0.4, -0.2) is 61.6 Å². The highest BCUT2D eigenvalue weighted by molar-refractivity contribution is 6.33. The van der Waals surface area contributed by atoms with E-state index in [1.807, 2.05) is 7.05 Å². The molecule has 1 saturated heterocycles. The Morgan fingerprint density at radius 3 is 3.00 bits per heavy atom. The van der Waals surface area contributed by atoms with Gasteiger partial charge in [0.25, 0.3) is 5.91 Å². The lowest BCUT2D eigenvalue weighted by Crippen LogP contribution is -2.41. The number of carbonyl (C=O) groups excluding carboxylic acids is 2. The van der Waals surface area contributed by atoms with Crippen LogP contribution in [0, 0.1) is 0 Å². The van der Waals surface area contributed by atoms with Crippen molar-refractivity contribution >= 4 is 34.9 Å². The Hall–Kier alpha value is -1.99. The Kier molecular flexibility index (Phi) is 4.32. The molecule has 0 aromatic heterocycles. The fourth-order valence-corrected chi connectivity index (χ4v) is 3.11. The summed E-state index contributed by atoms with van der Waals surface area (Å²) in [5.74, 6) is 0.179. The number of fused-ring (bicyclic) bond motifs is 1. The number of nitrogens with zero attached hydrogens (tertiary/aromatic N) is 2. The maximum absolute atomic E-state index is 12.4. The lowest BCUT2D eigenvalue weighted by atomic mass is 10.2. The molecular formula is C15H19ClN4O3. The minimum absolute atomic E-state index is 0.0592. The average Bonchev–Trinajstić information content (AvgIpc) is 2.92. The van der Waals surface area contributed by atoms with Crippen LogP contribution in [0.25, 0.3) is 0 Å². The first-order valence-electron chi connectivity index (χ1n) is 7.42. The Labute approximate surface area is 139 Å². The van der Waals surface area contributed by atoms with E-state index in [1.54, 1.807) is 24.1 Å². The minimum Gasteiger partial charge on any atom is -0.480 e. The maximum Gasteiger partial charge on any atom is 0.321 e. The average molecular weight is 339 g/mol. The number of likely N-dealkylation sites (tertiary alicyclic amines) is 1. The van der Waals surface area contributed by atoms with Gasteiger partial charge >= 0.3 is 6.03 Å². The lowest BCUT2D eigenvalue weighted by Gasteiger charge is -2.25. The topological polar surface area (TPSA) is 73.9 Å². The van der Waals surface area contributed by atoms with Crippen molar-refractivity contribution in [2.45, 2.75) is 12.5 Å². The second-order valence-corrected chi connectivity index (χ2v) is 6.32. The fourth-order valence-electron chi connectivity index (χ4n) is 2.83. The van der Waals surface area contributed by atoms with Gasteiger partial charge in [-0.05, 0) is 32.1 Å². The van der Waals surface area contributed by atoms with E-state index in [1.165, 1.54) is 0 Å². The van der Waals surface area contributed by atoms with Crippen molar-refractivity contribution in [2.24, 2.45) is 0 Å². The molecule has 1 fully saturated rings. The lowest BCUT2D eigenvalue weighted by molar-refractivity contribution is -0.118. The number of benzene rings is 1. The smallest absolute Gasteiger partial charge is 0.321 e. The van der Waals surface area contributed by atoms with Gasteiger partial charge in [-0.15, -0.1) is 0 Å². The molecule has 2 aliphatic heterocycles. The molecular weight excluding hydrogens is 320 g/mol. The molecule has 124 valence electrons. The Bertz CT molecular complexity index is 652. The molecule has 8 heteroatoms. The number of hydrogen-bond donors (Lipinski definition) is 2. The standard InChI is InChI=1S/C15H19ClN4O3/c1-19-4-3-10(7-19)20(2)15(22)17-9-5-11(16)14-12(6-9)18-13(21)8-23-14/h5-6,10H,3-4,7-8H2,1-2H3,(H,17,22)(H,18,21). The number of carbonyl (C=O) groups is 2. The van der Waals surface area contributed by atoms with Gasteiger partial charge in [0.1, 0.15) is 0 Å². The van der Waals surface area contributed by atoms with Crippen LogP contribution in [0.3, 0.4) is 0 Å². The van der Waals surface area contributed by atoms with E-state index in [9.17, 15) is 9.59 Å². The fraction of sp³-hybridized carbons (Fsp3) is 0.467. The van der Waals surface area contributed by atoms with E-state index in [-0.39, 0.29) is 24.6 Å². The third kappa shape index (κ3) is 3.35. The number of ether oxygens (including phenoxy) is 1. The van der Waals surface area contributed by atoms with Gasteiger partial charge in [-0.3, -0.25) is 4.79 Å². The summed E-state index contributed by atoms with van der Waals surface area (Å²) in [5.41, 5.74) is 0.982. The van der Waals surface area contributed by atoms with Gasteiger partial charge in [0.05, 0.1) is 10.7 Å². The van der Waals surface area contributed by atoms with Crippen molar-refractivity contribution in [2.75, 3.05) is 44.4 Å². The highest BCUT2D eigenvalue weighted by Crippen LogP contribution is 2.38. The van der Waals surface area contributed by atoms with Crippen LogP contribution in [0.1, 0.15) is 6.42 Å². The summed E-state index contributed by atoms with van der Waals surface area (Å²) in [7, 11) is 3.82. The number of halogens is 1. The number of rotatable bonds is 2. The van der Waals surface area contributed by atoms with Gasteiger partial charge in [0, 0.05) is 25.3 Å². The first kappa shape index (κ1) is 15.9. The number of amides is 3. The second-order valence-electron chi connectivity index (χ2n) is 5.92. The first-order valence-corrected chi connectivity index (χ1v) is 7.80. The highest BCUT2D eigenvalue weighted by Gasteiger charge is 2.27. The SMILES string of the molecule is CN1CCC(N(C)C(=O)Nc2cc(Cl)c3c(c2)NC(=O)CO3)C1. The van der Waals surface area contributed by atoms with Crippen molar-refractivity contribution in [1.82, 2.24) is 9.80 Å². The third-order valence-corrected chi connectivity index (χ3v) is 4.43. The van der Waals surface area contributed by atoms with E-state index < -0.39 is 0 Å². The summed E-state index contributed by atoms with van der Waals surface area (Å²) >= 11 is 6.16. The van der Waals surface area contributed by atoms with Gasteiger partial charge in [0.15, 0.2) is 12.4 Å².